The first-order valence-corrected chi connectivity index (χ1v) is 3.34. The Balaban J connectivity index is 2.80. The van der Waals surface area contributed by atoms with Gasteiger partial charge >= 0.3 is 0 Å². The molecule has 0 aromatic heterocycles. The Morgan fingerprint density at radius 2 is 2.30 bits per heavy atom. The highest BCUT2D eigenvalue weighted by atomic mass is 14.7. The van der Waals surface area contributed by atoms with Gasteiger partial charge in [0.15, 0.2) is 0 Å². The Morgan fingerprint density at radius 1 is 1.60 bits per heavy atom. The van der Waals surface area contributed by atoms with Crippen molar-refractivity contribution in [2.45, 2.75) is 13.3 Å². The minimum atomic E-state index is -0.227. The third-order valence-electron chi connectivity index (χ3n) is 1.87. The molecule has 1 aliphatic rings. The van der Waals surface area contributed by atoms with Crippen molar-refractivity contribution in [2.75, 3.05) is 0 Å². The number of rotatable bonds is 1. The molecule has 0 amide bonds. The quantitative estimate of drug-likeness (QED) is 0.416. The summed E-state index contributed by atoms with van der Waals surface area (Å²) in [6.07, 6.45) is 8.76. The van der Waals surface area contributed by atoms with Gasteiger partial charge in [0, 0.05) is 5.41 Å². The summed E-state index contributed by atoms with van der Waals surface area (Å²) in [5.74, 6) is 0.244. The molecule has 1 aliphatic carbocycles. The summed E-state index contributed by atoms with van der Waals surface area (Å²) in [6.45, 7) is 1.97. The predicted molar refractivity (Wildman–Crippen MR) is 42.9 cm³/mol. The van der Waals surface area contributed by atoms with E-state index in [9.17, 15) is 0 Å². The van der Waals surface area contributed by atoms with E-state index in [-0.39, 0.29) is 11.3 Å². The minimum Gasteiger partial charge on any atom is -0.387 e. The highest BCUT2D eigenvalue weighted by Crippen LogP contribution is 2.26. The van der Waals surface area contributed by atoms with E-state index in [1.54, 1.807) is 0 Å². The van der Waals surface area contributed by atoms with Crippen LogP contribution in [-0.4, -0.2) is 5.84 Å². The molecule has 1 atom stereocenters. The fourth-order valence-corrected chi connectivity index (χ4v) is 0.927. The molecule has 0 saturated carbocycles. The Morgan fingerprint density at radius 3 is 2.60 bits per heavy atom. The third-order valence-corrected chi connectivity index (χ3v) is 1.87. The molecule has 3 N–H and O–H groups in total. The maximum atomic E-state index is 7.28. The van der Waals surface area contributed by atoms with Crippen LogP contribution >= 0.6 is 0 Å². The van der Waals surface area contributed by atoms with E-state index >= 15 is 0 Å². The van der Waals surface area contributed by atoms with Crippen LogP contribution in [-0.2, 0) is 0 Å². The zero-order chi connectivity index (χ0) is 7.61. The van der Waals surface area contributed by atoms with Gasteiger partial charge in [0.05, 0.1) is 0 Å². The summed E-state index contributed by atoms with van der Waals surface area (Å²) in [5, 5.41) is 7.28. The summed E-state index contributed by atoms with van der Waals surface area (Å²) < 4.78 is 0. The van der Waals surface area contributed by atoms with Crippen molar-refractivity contribution in [1.29, 1.82) is 5.41 Å². The van der Waals surface area contributed by atoms with Crippen LogP contribution in [0.4, 0.5) is 0 Å². The molecular formula is C8H12N2. The normalized spacial score (nSPS) is 30.5. The largest absolute Gasteiger partial charge is 0.387 e. The predicted octanol–water partition coefficient (Wildman–Crippen LogP) is 1.44. The van der Waals surface area contributed by atoms with Crippen LogP contribution in [0.3, 0.4) is 0 Å². The first-order chi connectivity index (χ1) is 4.65. The average molecular weight is 136 g/mol. The van der Waals surface area contributed by atoms with Gasteiger partial charge in [-0.2, -0.15) is 0 Å². The summed E-state index contributed by atoms with van der Waals surface area (Å²) in [7, 11) is 0. The smallest absolute Gasteiger partial charge is 0.101 e. The molecule has 0 aromatic carbocycles. The number of hydrogen-bond donors (Lipinski definition) is 2. The summed E-state index contributed by atoms with van der Waals surface area (Å²) in [4.78, 5) is 0. The van der Waals surface area contributed by atoms with Crippen LogP contribution in [0.15, 0.2) is 24.3 Å². The lowest BCUT2D eigenvalue weighted by Gasteiger charge is -2.24. The van der Waals surface area contributed by atoms with Gasteiger partial charge < -0.3 is 5.73 Å². The van der Waals surface area contributed by atoms with Crippen LogP contribution in [0.5, 0.6) is 0 Å². The molecule has 0 bridgehead atoms. The van der Waals surface area contributed by atoms with E-state index in [0.29, 0.717) is 0 Å². The molecule has 2 heteroatoms. The van der Waals surface area contributed by atoms with Gasteiger partial charge in [-0.05, 0) is 13.3 Å². The molecule has 1 rings (SSSR count). The van der Waals surface area contributed by atoms with Crippen LogP contribution < -0.4 is 5.73 Å². The van der Waals surface area contributed by atoms with Crippen molar-refractivity contribution in [3.8, 4) is 0 Å². The van der Waals surface area contributed by atoms with E-state index in [4.69, 9.17) is 11.1 Å². The van der Waals surface area contributed by atoms with E-state index < -0.39 is 0 Å². The van der Waals surface area contributed by atoms with E-state index in [1.165, 1.54) is 0 Å². The Labute approximate surface area is 60.9 Å². The van der Waals surface area contributed by atoms with Gasteiger partial charge in [-0.15, -0.1) is 0 Å². The summed E-state index contributed by atoms with van der Waals surface area (Å²) in [6, 6.07) is 0. The molecule has 10 heavy (non-hydrogen) atoms. The van der Waals surface area contributed by atoms with Gasteiger partial charge in [0.2, 0.25) is 0 Å². The molecule has 0 saturated heterocycles. The Kier molecular flexibility index (Phi) is 1.62. The summed E-state index contributed by atoms with van der Waals surface area (Å²) in [5.41, 5.74) is 5.17. The Bertz CT molecular complexity index is 203. The number of allylic oxidation sites excluding steroid dienone is 3. The number of hydrogen-bond acceptors (Lipinski definition) is 1. The van der Waals surface area contributed by atoms with E-state index in [0.717, 1.165) is 6.42 Å². The minimum absolute atomic E-state index is 0.227. The number of nitrogens with two attached hydrogens (primary N) is 1. The second kappa shape index (κ2) is 2.29. The van der Waals surface area contributed by atoms with Crippen LogP contribution in [0, 0.1) is 10.8 Å². The van der Waals surface area contributed by atoms with Gasteiger partial charge in [-0.3, -0.25) is 5.41 Å². The summed E-state index contributed by atoms with van der Waals surface area (Å²) >= 11 is 0. The zero-order valence-corrected chi connectivity index (χ0v) is 6.09. The Hall–Kier alpha value is -1.05. The van der Waals surface area contributed by atoms with Crippen LogP contribution in [0.1, 0.15) is 13.3 Å². The molecular weight excluding hydrogens is 124 g/mol. The lowest BCUT2D eigenvalue weighted by molar-refractivity contribution is 0.591. The van der Waals surface area contributed by atoms with Crippen molar-refractivity contribution in [3.63, 3.8) is 0 Å². The van der Waals surface area contributed by atoms with Crippen molar-refractivity contribution >= 4 is 5.84 Å². The van der Waals surface area contributed by atoms with Gasteiger partial charge in [0.1, 0.15) is 5.84 Å². The topological polar surface area (TPSA) is 49.9 Å². The number of nitrogens with one attached hydrogen (secondary N) is 1. The maximum absolute atomic E-state index is 7.28. The SMILES string of the molecule is CC1(C(=N)N)C=CC=CC1. The number of amidine groups is 1. The molecule has 0 fully saturated rings. The van der Waals surface area contributed by atoms with E-state index in [1.807, 2.05) is 31.2 Å². The van der Waals surface area contributed by atoms with Crippen molar-refractivity contribution in [3.05, 3.63) is 24.3 Å². The zero-order valence-electron chi connectivity index (χ0n) is 6.09. The lowest BCUT2D eigenvalue weighted by atomic mass is 9.83. The van der Waals surface area contributed by atoms with Gasteiger partial charge in [-0.25, -0.2) is 0 Å². The lowest BCUT2D eigenvalue weighted by Crippen LogP contribution is -2.32. The highest BCUT2D eigenvalue weighted by Gasteiger charge is 2.23. The van der Waals surface area contributed by atoms with Crippen LogP contribution in [0.25, 0.3) is 0 Å². The van der Waals surface area contributed by atoms with Crippen molar-refractivity contribution < 1.29 is 0 Å². The van der Waals surface area contributed by atoms with Gasteiger partial charge in [-0.1, -0.05) is 24.3 Å². The maximum Gasteiger partial charge on any atom is 0.101 e. The van der Waals surface area contributed by atoms with Crippen molar-refractivity contribution in [1.82, 2.24) is 0 Å². The molecule has 1 unspecified atom stereocenters. The molecule has 0 aromatic rings. The van der Waals surface area contributed by atoms with Crippen molar-refractivity contribution in [2.24, 2.45) is 11.1 Å². The van der Waals surface area contributed by atoms with Gasteiger partial charge in [0.25, 0.3) is 0 Å². The van der Waals surface area contributed by atoms with E-state index in [2.05, 4.69) is 0 Å². The second-order valence-corrected chi connectivity index (χ2v) is 2.82. The first kappa shape index (κ1) is 7.06. The molecule has 54 valence electrons. The van der Waals surface area contributed by atoms with Crippen LogP contribution in [0.2, 0.25) is 0 Å². The molecule has 0 heterocycles. The third kappa shape index (κ3) is 1.10. The molecule has 2 nitrogen and oxygen atoms in total. The molecule has 0 spiro atoms. The second-order valence-electron chi connectivity index (χ2n) is 2.82. The standard InChI is InChI=1S/C8H12N2/c1-8(7(9)10)5-3-2-4-6-8/h2-5H,6H2,1H3,(H3,9,10). The average Bonchev–Trinajstić information content (AvgIpc) is 1.89. The highest BCUT2D eigenvalue weighted by molar-refractivity contribution is 5.85. The fraction of sp³-hybridized carbons (Fsp3) is 0.375. The molecule has 0 aliphatic heterocycles. The fourth-order valence-electron chi connectivity index (χ4n) is 0.927. The molecule has 0 radical (unpaired) electrons. The first-order valence-electron chi connectivity index (χ1n) is 3.34. The monoisotopic (exact) mass is 136 g/mol.